The zero-order chi connectivity index (χ0) is 13.9. The summed E-state index contributed by atoms with van der Waals surface area (Å²) >= 11 is 1.56. The number of benzene rings is 1. The molecular formula is C15H14N4S. The predicted octanol–water partition coefficient (Wildman–Crippen LogP) is 3.84. The maximum absolute atomic E-state index is 5.75. The maximum Gasteiger partial charge on any atom is 0.187 e. The van der Waals surface area contributed by atoms with Gasteiger partial charge >= 0.3 is 0 Å². The second-order valence-electron chi connectivity index (χ2n) is 4.45. The lowest BCUT2D eigenvalue weighted by Gasteiger charge is -2.07. The number of nitrogens with zero attached hydrogens (tertiary/aromatic N) is 2. The fourth-order valence-electron chi connectivity index (χ4n) is 1.91. The third kappa shape index (κ3) is 2.62. The molecule has 0 aliphatic rings. The average molecular weight is 282 g/mol. The molecule has 3 aromatic rings. The maximum atomic E-state index is 5.75. The van der Waals surface area contributed by atoms with Gasteiger partial charge in [-0.05, 0) is 42.8 Å². The second kappa shape index (κ2) is 5.30. The van der Waals surface area contributed by atoms with Crippen LogP contribution in [0.2, 0.25) is 0 Å². The molecule has 3 rings (SSSR count). The largest absolute Gasteiger partial charge is 0.399 e. The van der Waals surface area contributed by atoms with Crippen LogP contribution in [0.15, 0.2) is 48.0 Å². The van der Waals surface area contributed by atoms with Gasteiger partial charge in [0.15, 0.2) is 5.13 Å². The zero-order valence-corrected chi connectivity index (χ0v) is 11.8. The first-order valence-corrected chi connectivity index (χ1v) is 7.10. The van der Waals surface area contributed by atoms with E-state index in [4.69, 9.17) is 5.73 Å². The highest BCUT2D eigenvalue weighted by Crippen LogP contribution is 2.27. The summed E-state index contributed by atoms with van der Waals surface area (Å²) < 4.78 is 0. The van der Waals surface area contributed by atoms with Gasteiger partial charge in [-0.2, -0.15) is 0 Å². The van der Waals surface area contributed by atoms with Crippen molar-refractivity contribution in [2.75, 3.05) is 11.1 Å². The van der Waals surface area contributed by atoms with Crippen molar-refractivity contribution >= 4 is 27.8 Å². The molecule has 5 heteroatoms. The van der Waals surface area contributed by atoms with Gasteiger partial charge in [0.2, 0.25) is 0 Å². The Kier molecular flexibility index (Phi) is 3.35. The van der Waals surface area contributed by atoms with Crippen LogP contribution in [0.25, 0.3) is 11.4 Å². The SMILES string of the molecule is Cc1cc(N)ccc1Nc1nc(-c2ccccn2)cs1. The van der Waals surface area contributed by atoms with E-state index in [0.717, 1.165) is 33.5 Å². The molecule has 0 amide bonds. The number of anilines is 3. The lowest BCUT2D eigenvalue weighted by molar-refractivity contribution is 1.28. The Morgan fingerprint density at radius 3 is 2.80 bits per heavy atom. The molecule has 0 saturated carbocycles. The number of nitrogen functional groups attached to an aromatic ring is 1. The fourth-order valence-corrected chi connectivity index (χ4v) is 2.62. The molecule has 0 aliphatic carbocycles. The number of rotatable bonds is 3. The molecule has 2 aromatic heterocycles. The highest BCUT2D eigenvalue weighted by molar-refractivity contribution is 7.14. The van der Waals surface area contributed by atoms with Gasteiger partial charge in [0.1, 0.15) is 5.69 Å². The fraction of sp³-hybridized carbons (Fsp3) is 0.0667. The van der Waals surface area contributed by atoms with E-state index in [1.54, 1.807) is 17.5 Å². The summed E-state index contributed by atoms with van der Waals surface area (Å²) in [5.41, 5.74) is 10.4. The average Bonchev–Trinajstić information content (AvgIpc) is 2.92. The Labute approximate surface area is 121 Å². The quantitative estimate of drug-likeness (QED) is 0.716. The molecule has 0 spiro atoms. The van der Waals surface area contributed by atoms with Gasteiger partial charge < -0.3 is 11.1 Å². The monoisotopic (exact) mass is 282 g/mol. The smallest absolute Gasteiger partial charge is 0.187 e. The number of pyridine rings is 1. The molecule has 2 heterocycles. The lowest BCUT2D eigenvalue weighted by Crippen LogP contribution is -1.94. The van der Waals surface area contributed by atoms with Gasteiger partial charge in [0, 0.05) is 23.0 Å². The van der Waals surface area contributed by atoms with Gasteiger partial charge in [0.25, 0.3) is 0 Å². The topological polar surface area (TPSA) is 63.8 Å². The summed E-state index contributed by atoms with van der Waals surface area (Å²) in [5, 5.41) is 6.16. The molecule has 100 valence electrons. The van der Waals surface area contributed by atoms with E-state index in [2.05, 4.69) is 15.3 Å². The first-order valence-electron chi connectivity index (χ1n) is 6.22. The van der Waals surface area contributed by atoms with Crippen molar-refractivity contribution < 1.29 is 0 Å². The van der Waals surface area contributed by atoms with Crippen LogP contribution in [-0.2, 0) is 0 Å². The number of hydrogen-bond donors (Lipinski definition) is 2. The van der Waals surface area contributed by atoms with E-state index >= 15 is 0 Å². The number of nitrogens with two attached hydrogens (primary N) is 1. The summed E-state index contributed by atoms with van der Waals surface area (Å²) in [6, 6.07) is 11.6. The summed E-state index contributed by atoms with van der Waals surface area (Å²) in [6.07, 6.45) is 1.77. The van der Waals surface area contributed by atoms with Crippen molar-refractivity contribution in [2.45, 2.75) is 6.92 Å². The van der Waals surface area contributed by atoms with Crippen LogP contribution in [0.3, 0.4) is 0 Å². The van der Waals surface area contributed by atoms with Crippen LogP contribution < -0.4 is 11.1 Å². The van der Waals surface area contributed by atoms with E-state index in [9.17, 15) is 0 Å². The Bertz CT molecular complexity index is 722. The van der Waals surface area contributed by atoms with Gasteiger partial charge in [0.05, 0.1) is 5.69 Å². The van der Waals surface area contributed by atoms with Crippen LogP contribution in [0.5, 0.6) is 0 Å². The minimum atomic E-state index is 0.765. The Morgan fingerprint density at radius 1 is 1.15 bits per heavy atom. The molecule has 0 saturated heterocycles. The normalized spacial score (nSPS) is 10.4. The highest BCUT2D eigenvalue weighted by atomic mass is 32.1. The van der Waals surface area contributed by atoms with Crippen molar-refractivity contribution in [1.29, 1.82) is 0 Å². The van der Waals surface area contributed by atoms with E-state index in [-0.39, 0.29) is 0 Å². The lowest BCUT2D eigenvalue weighted by atomic mass is 10.2. The molecule has 0 atom stereocenters. The molecule has 0 aliphatic heterocycles. The van der Waals surface area contributed by atoms with Crippen molar-refractivity contribution in [3.8, 4) is 11.4 Å². The van der Waals surface area contributed by atoms with E-state index < -0.39 is 0 Å². The molecule has 20 heavy (non-hydrogen) atoms. The van der Waals surface area contributed by atoms with Gasteiger partial charge in [-0.25, -0.2) is 4.98 Å². The molecule has 1 aromatic carbocycles. The number of thiazole rings is 1. The molecule has 4 nitrogen and oxygen atoms in total. The Hall–Kier alpha value is -2.40. The first kappa shape index (κ1) is 12.6. The van der Waals surface area contributed by atoms with E-state index in [1.165, 1.54) is 0 Å². The molecule has 0 radical (unpaired) electrons. The van der Waals surface area contributed by atoms with Gasteiger partial charge in [-0.1, -0.05) is 6.07 Å². The summed E-state index contributed by atoms with van der Waals surface area (Å²) in [7, 11) is 0. The predicted molar refractivity (Wildman–Crippen MR) is 84.2 cm³/mol. The van der Waals surface area contributed by atoms with Crippen molar-refractivity contribution in [1.82, 2.24) is 9.97 Å². The third-order valence-electron chi connectivity index (χ3n) is 2.92. The van der Waals surface area contributed by atoms with Crippen LogP contribution in [0, 0.1) is 6.92 Å². The minimum Gasteiger partial charge on any atom is -0.399 e. The van der Waals surface area contributed by atoms with Crippen LogP contribution >= 0.6 is 11.3 Å². The Balaban J connectivity index is 1.84. The van der Waals surface area contributed by atoms with Crippen molar-refractivity contribution in [2.24, 2.45) is 0 Å². The first-order chi connectivity index (χ1) is 9.72. The molecule has 3 N–H and O–H groups in total. The summed E-state index contributed by atoms with van der Waals surface area (Å²) in [5.74, 6) is 0. The molecular weight excluding hydrogens is 268 g/mol. The zero-order valence-electron chi connectivity index (χ0n) is 11.0. The number of nitrogens with one attached hydrogen (secondary N) is 1. The number of aromatic nitrogens is 2. The third-order valence-corrected chi connectivity index (χ3v) is 3.68. The van der Waals surface area contributed by atoms with Crippen LogP contribution in [-0.4, -0.2) is 9.97 Å². The number of aryl methyl sites for hydroxylation is 1. The van der Waals surface area contributed by atoms with Crippen LogP contribution in [0.4, 0.5) is 16.5 Å². The molecule has 0 bridgehead atoms. The standard InChI is InChI=1S/C15H14N4S/c1-10-8-11(16)5-6-12(10)18-15-19-14(9-20-15)13-4-2-3-7-17-13/h2-9H,16H2,1H3,(H,18,19). The Morgan fingerprint density at radius 2 is 2.05 bits per heavy atom. The van der Waals surface area contributed by atoms with E-state index in [0.29, 0.717) is 0 Å². The van der Waals surface area contributed by atoms with E-state index in [1.807, 2.05) is 48.7 Å². The van der Waals surface area contributed by atoms with Crippen molar-refractivity contribution in [3.63, 3.8) is 0 Å². The second-order valence-corrected chi connectivity index (χ2v) is 5.31. The van der Waals surface area contributed by atoms with Gasteiger partial charge in [-0.15, -0.1) is 11.3 Å². The summed E-state index contributed by atoms with van der Waals surface area (Å²) in [6.45, 7) is 2.02. The van der Waals surface area contributed by atoms with Crippen LogP contribution in [0.1, 0.15) is 5.56 Å². The minimum absolute atomic E-state index is 0.765. The van der Waals surface area contributed by atoms with Crippen molar-refractivity contribution in [3.05, 3.63) is 53.5 Å². The van der Waals surface area contributed by atoms with Gasteiger partial charge in [-0.3, -0.25) is 4.98 Å². The highest BCUT2D eigenvalue weighted by Gasteiger charge is 2.06. The summed E-state index contributed by atoms with van der Waals surface area (Å²) in [4.78, 5) is 8.85. The number of hydrogen-bond acceptors (Lipinski definition) is 5. The molecule has 0 unspecified atom stereocenters. The molecule has 0 fully saturated rings.